The molecule has 2 aromatic rings. The molecule has 0 aliphatic heterocycles. The standard InChI is InChI=1S/C27H37BrN2O3/c1-8-23(26(32)29-27(5,6)7)30(16-20-11-9-19(4)10-12-20)25(31)17-33-24-14-13-21(18(2)3)15-22(24)28/h9-15,18,23H,8,16-17H2,1-7H3,(H,29,32). The lowest BCUT2D eigenvalue weighted by molar-refractivity contribution is -0.143. The fourth-order valence-electron chi connectivity index (χ4n) is 3.48. The van der Waals surface area contributed by atoms with E-state index in [2.05, 4.69) is 35.1 Å². The molecule has 33 heavy (non-hydrogen) atoms. The molecule has 0 bridgehead atoms. The molecular formula is C27H37BrN2O3. The molecule has 2 amide bonds. The summed E-state index contributed by atoms with van der Waals surface area (Å²) < 4.78 is 6.69. The molecule has 1 unspecified atom stereocenters. The van der Waals surface area contributed by atoms with E-state index in [4.69, 9.17) is 4.74 Å². The summed E-state index contributed by atoms with van der Waals surface area (Å²) in [4.78, 5) is 28.0. The second kappa shape index (κ2) is 11.7. The zero-order chi connectivity index (χ0) is 24.8. The molecule has 2 rings (SSSR count). The fraction of sp³-hybridized carbons (Fsp3) is 0.481. The highest BCUT2D eigenvalue weighted by Crippen LogP contribution is 2.29. The van der Waals surface area contributed by atoms with Gasteiger partial charge in [0.15, 0.2) is 6.61 Å². The van der Waals surface area contributed by atoms with Crippen molar-refractivity contribution in [1.82, 2.24) is 10.2 Å². The number of halogens is 1. The number of nitrogens with zero attached hydrogens (tertiary/aromatic N) is 1. The predicted octanol–water partition coefficient (Wildman–Crippen LogP) is 5.98. The number of carbonyl (C=O) groups excluding carboxylic acids is 2. The molecule has 180 valence electrons. The minimum Gasteiger partial charge on any atom is -0.483 e. The number of hydrogen-bond acceptors (Lipinski definition) is 3. The summed E-state index contributed by atoms with van der Waals surface area (Å²) in [5.74, 6) is 0.614. The molecule has 0 fully saturated rings. The van der Waals surface area contributed by atoms with Gasteiger partial charge in [0.05, 0.1) is 4.47 Å². The Kier molecular flexibility index (Phi) is 9.53. The van der Waals surface area contributed by atoms with E-state index in [0.717, 1.165) is 15.6 Å². The lowest BCUT2D eigenvalue weighted by Gasteiger charge is -2.33. The van der Waals surface area contributed by atoms with E-state index in [1.165, 1.54) is 5.56 Å². The molecule has 1 atom stereocenters. The number of benzene rings is 2. The van der Waals surface area contributed by atoms with Crippen LogP contribution in [0.5, 0.6) is 5.75 Å². The van der Waals surface area contributed by atoms with Gasteiger partial charge in [0.2, 0.25) is 5.91 Å². The van der Waals surface area contributed by atoms with Gasteiger partial charge >= 0.3 is 0 Å². The number of carbonyl (C=O) groups is 2. The Morgan fingerprint density at radius 2 is 1.73 bits per heavy atom. The van der Waals surface area contributed by atoms with Crippen molar-refractivity contribution < 1.29 is 14.3 Å². The van der Waals surface area contributed by atoms with Crippen molar-refractivity contribution in [2.24, 2.45) is 0 Å². The third-order valence-corrected chi connectivity index (χ3v) is 5.95. The first-order chi connectivity index (χ1) is 15.4. The van der Waals surface area contributed by atoms with Crippen LogP contribution >= 0.6 is 15.9 Å². The van der Waals surface area contributed by atoms with Crippen LogP contribution in [0.3, 0.4) is 0 Å². The number of aryl methyl sites for hydroxylation is 1. The van der Waals surface area contributed by atoms with E-state index in [1.54, 1.807) is 4.90 Å². The molecule has 0 radical (unpaired) electrons. The third-order valence-electron chi connectivity index (χ3n) is 5.33. The largest absolute Gasteiger partial charge is 0.483 e. The van der Waals surface area contributed by atoms with E-state index in [0.29, 0.717) is 24.6 Å². The van der Waals surface area contributed by atoms with Crippen LogP contribution in [0.15, 0.2) is 46.9 Å². The maximum Gasteiger partial charge on any atom is 0.261 e. The first-order valence-corrected chi connectivity index (χ1v) is 12.3. The SMILES string of the molecule is CCC(C(=O)NC(C)(C)C)N(Cc1ccc(C)cc1)C(=O)COc1ccc(C(C)C)cc1Br. The predicted molar refractivity (Wildman–Crippen MR) is 137 cm³/mol. The van der Waals surface area contributed by atoms with Crippen LogP contribution < -0.4 is 10.1 Å². The highest BCUT2D eigenvalue weighted by molar-refractivity contribution is 9.10. The summed E-state index contributed by atoms with van der Waals surface area (Å²) >= 11 is 3.55. The van der Waals surface area contributed by atoms with Crippen molar-refractivity contribution in [2.45, 2.75) is 78.9 Å². The Hall–Kier alpha value is -2.34. The van der Waals surface area contributed by atoms with Gasteiger partial charge in [0.25, 0.3) is 5.91 Å². The summed E-state index contributed by atoms with van der Waals surface area (Å²) in [7, 11) is 0. The van der Waals surface area contributed by atoms with Gasteiger partial charge in [-0.05, 0) is 79.2 Å². The fourth-order valence-corrected chi connectivity index (χ4v) is 3.99. The van der Waals surface area contributed by atoms with E-state index in [9.17, 15) is 9.59 Å². The summed E-state index contributed by atoms with van der Waals surface area (Å²) in [6, 6.07) is 13.3. The highest BCUT2D eigenvalue weighted by atomic mass is 79.9. The molecule has 0 aromatic heterocycles. The molecule has 1 N–H and O–H groups in total. The van der Waals surface area contributed by atoms with Crippen LogP contribution in [0.4, 0.5) is 0 Å². The zero-order valence-electron chi connectivity index (χ0n) is 20.9. The Morgan fingerprint density at radius 3 is 2.24 bits per heavy atom. The van der Waals surface area contributed by atoms with Gasteiger partial charge in [-0.2, -0.15) is 0 Å². The minimum absolute atomic E-state index is 0.148. The quantitative estimate of drug-likeness (QED) is 0.445. The van der Waals surface area contributed by atoms with Crippen LogP contribution in [0.1, 0.15) is 70.6 Å². The number of rotatable bonds is 9. The summed E-state index contributed by atoms with van der Waals surface area (Å²) in [5.41, 5.74) is 2.92. The van der Waals surface area contributed by atoms with Crippen LogP contribution in [0.2, 0.25) is 0 Å². The van der Waals surface area contributed by atoms with Crippen molar-refractivity contribution in [1.29, 1.82) is 0 Å². The van der Waals surface area contributed by atoms with Crippen LogP contribution in [-0.4, -0.2) is 34.9 Å². The average molecular weight is 518 g/mol. The molecule has 0 saturated carbocycles. The molecule has 0 saturated heterocycles. The molecule has 0 aliphatic carbocycles. The van der Waals surface area contributed by atoms with Gasteiger partial charge in [-0.25, -0.2) is 0 Å². The molecular weight excluding hydrogens is 480 g/mol. The number of ether oxygens (including phenoxy) is 1. The van der Waals surface area contributed by atoms with Crippen molar-refractivity contribution in [3.05, 3.63) is 63.6 Å². The Bertz CT molecular complexity index is 949. The number of nitrogens with one attached hydrogen (secondary N) is 1. The molecule has 6 heteroatoms. The maximum atomic E-state index is 13.4. The Labute approximate surface area is 207 Å². The zero-order valence-corrected chi connectivity index (χ0v) is 22.5. The van der Waals surface area contributed by atoms with Crippen molar-refractivity contribution in [2.75, 3.05) is 6.61 Å². The molecule has 5 nitrogen and oxygen atoms in total. The van der Waals surface area contributed by atoms with Gasteiger partial charge in [-0.1, -0.05) is 56.7 Å². The topological polar surface area (TPSA) is 58.6 Å². The Balaban J connectivity index is 2.24. The van der Waals surface area contributed by atoms with Gasteiger partial charge in [0, 0.05) is 12.1 Å². The van der Waals surface area contributed by atoms with E-state index in [1.807, 2.05) is 77.1 Å². The van der Waals surface area contributed by atoms with Crippen LogP contribution in [0, 0.1) is 6.92 Å². The summed E-state index contributed by atoms with van der Waals surface area (Å²) in [5, 5.41) is 3.02. The van der Waals surface area contributed by atoms with E-state index < -0.39 is 6.04 Å². The van der Waals surface area contributed by atoms with Crippen molar-refractivity contribution >= 4 is 27.7 Å². The monoisotopic (exact) mass is 516 g/mol. The minimum atomic E-state index is -0.589. The second-order valence-corrected chi connectivity index (χ2v) is 10.7. The first kappa shape index (κ1) is 26.9. The summed E-state index contributed by atoms with van der Waals surface area (Å²) in [6.07, 6.45) is 0.506. The van der Waals surface area contributed by atoms with Crippen LogP contribution in [0.25, 0.3) is 0 Å². The maximum absolute atomic E-state index is 13.4. The molecule has 0 aliphatic rings. The lowest BCUT2D eigenvalue weighted by Crippen LogP contribution is -2.54. The van der Waals surface area contributed by atoms with Gasteiger partial charge in [-0.3, -0.25) is 9.59 Å². The van der Waals surface area contributed by atoms with Crippen molar-refractivity contribution in [3.8, 4) is 5.75 Å². The lowest BCUT2D eigenvalue weighted by atomic mass is 10.0. The highest BCUT2D eigenvalue weighted by Gasteiger charge is 2.31. The number of hydrogen-bond donors (Lipinski definition) is 1. The van der Waals surface area contributed by atoms with Gasteiger partial charge in [0.1, 0.15) is 11.8 Å². The van der Waals surface area contributed by atoms with Gasteiger partial charge in [-0.15, -0.1) is 0 Å². The Morgan fingerprint density at radius 1 is 1.09 bits per heavy atom. The molecule has 0 spiro atoms. The normalized spacial score (nSPS) is 12.4. The molecule has 2 aromatic carbocycles. The average Bonchev–Trinajstić information content (AvgIpc) is 2.72. The first-order valence-electron chi connectivity index (χ1n) is 11.5. The van der Waals surface area contributed by atoms with E-state index in [-0.39, 0.29) is 24.0 Å². The smallest absolute Gasteiger partial charge is 0.261 e. The molecule has 0 heterocycles. The summed E-state index contributed by atoms with van der Waals surface area (Å²) in [6.45, 7) is 14.2. The number of amides is 2. The van der Waals surface area contributed by atoms with Crippen LogP contribution in [-0.2, 0) is 16.1 Å². The van der Waals surface area contributed by atoms with Crippen molar-refractivity contribution in [3.63, 3.8) is 0 Å². The third kappa shape index (κ3) is 8.18. The second-order valence-electron chi connectivity index (χ2n) is 9.80. The van der Waals surface area contributed by atoms with Gasteiger partial charge < -0.3 is 15.0 Å². The van der Waals surface area contributed by atoms with E-state index >= 15 is 0 Å².